The van der Waals surface area contributed by atoms with Crippen molar-refractivity contribution in [2.45, 2.75) is 19.4 Å². The van der Waals surface area contributed by atoms with Crippen LogP contribution in [0, 0.1) is 10.1 Å². The van der Waals surface area contributed by atoms with E-state index in [1.165, 1.54) is 6.07 Å². The fourth-order valence-corrected chi connectivity index (χ4v) is 2.27. The van der Waals surface area contributed by atoms with Gasteiger partial charge in [-0.25, -0.2) is 4.98 Å². The maximum Gasteiger partial charge on any atom is 0.312 e. The molecular weight excluding hydrogens is 322 g/mol. The standard InChI is InChI=1S/C14H14BrN3O2/c1-2-12(10-6-4-3-5-7-10)17-14-13(18(19)20)8-11(15)9-16-14/h3-9,12H,2H2,1H3,(H,16,17). The third-order valence-electron chi connectivity index (χ3n) is 2.95. The summed E-state index contributed by atoms with van der Waals surface area (Å²) in [6, 6.07) is 11.3. The summed E-state index contributed by atoms with van der Waals surface area (Å²) in [5, 5.41) is 14.2. The molecule has 2 rings (SSSR count). The Morgan fingerprint density at radius 1 is 1.40 bits per heavy atom. The lowest BCUT2D eigenvalue weighted by Gasteiger charge is -2.17. The number of nitrogens with one attached hydrogen (secondary N) is 1. The number of rotatable bonds is 5. The number of hydrogen-bond acceptors (Lipinski definition) is 4. The average molecular weight is 336 g/mol. The minimum Gasteiger partial charge on any atom is -0.358 e. The Balaban J connectivity index is 2.31. The van der Waals surface area contributed by atoms with Crippen molar-refractivity contribution >= 4 is 27.4 Å². The first-order chi connectivity index (χ1) is 9.61. The van der Waals surface area contributed by atoms with Crippen molar-refractivity contribution in [1.29, 1.82) is 0 Å². The number of anilines is 1. The summed E-state index contributed by atoms with van der Waals surface area (Å²) >= 11 is 3.20. The molecule has 0 radical (unpaired) electrons. The van der Waals surface area contributed by atoms with E-state index in [0.29, 0.717) is 4.47 Å². The summed E-state index contributed by atoms with van der Waals surface area (Å²) in [6.45, 7) is 2.02. The molecule has 0 fully saturated rings. The minimum atomic E-state index is -0.433. The molecule has 1 aromatic carbocycles. The number of nitrogens with zero attached hydrogens (tertiary/aromatic N) is 2. The molecule has 0 saturated carbocycles. The summed E-state index contributed by atoms with van der Waals surface area (Å²) < 4.78 is 0.586. The van der Waals surface area contributed by atoms with Crippen molar-refractivity contribution < 1.29 is 4.92 Å². The smallest absolute Gasteiger partial charge is 0.312 e. The van der Waals surface area contributed by atoms with Gasteiger partial charge in [-0.1, -0.05) is 37.3 Å². The second-order valence-corrected chi connectivity index (χ2v) is 5.21. The van der Waals surface area contributed by atoms with Crippen LogP contribution in [-0.2, 0) is 0 Å². The molecule has 0 aliphatic carbocycles. The molecule has 0 bridgehead atoms. The third kappa shape index (κ3) is 3.33. The van der Waals surface area contributed by atoms with Gasteiger partial charge in [-0.2, -0.15) is 0 Å². The zero-order valence-corrected chi connectivity index (χ0v) is 12.5. The molecule has 5 nitrogen and oxygen atoms in total. The van der Waals surface area contributed by atoms with Gasteiger partial charge in [0.1, 0.15) is 0 Å². The van der Waals surface area contributed by atoms with E-state index in [9.17, 15) is 10.1 Å². The average Bonchev–Trinajstić information content (AvgIpc) is 2.46. The highest BCUT2D eigenvalue weighted by Crippen LogP contribution is 2.29. The summed E-state index contributed by atoms with van der Waals surface area (Å²) in [6.07, 6.45) is 2.35. The van der Waals surface area contributed by atoms with E-state index in [1.807, 2.05) is 37.3 Å². The second-order valence-electron chi connectivity index (χ2n) is 4.29. The number of halogens is 1. The molecule has 1 heterocycles. The first-order valence-corrected chi connectivity index (χ1v) is 7.02. The number of hydrogen-bond donors (Lipinski definition) is 1. The number of aromatic nitrogens is 1. The molecule has 6 heteroatoms. The molecule has 0 saturated heterocycles. The third-order valence-corrected chi connectivity index (χ3v) is 3.39. The fourth-order valence-electron chi connectivity index (χ4n) is 1.95. The molecule has 0 amide bonds. The topological polar surface area (TPSA) is 68.1 Å². The Morgan fingerprint density at radius 3 is 2.70 bits per heavy atom. The van der Waals surface area contributed by atoms with Gasteiger partial charge in [-0.3, -0.25) is 10.1 Å². The zero-order valence-electron chi connectivity index (χ0n) is 10.9. The lowest BCUT2D eigenvalue weighted by atomic mass is 10.0. The highest BCUT2D eigenvalue weighted by Gasteiger charge is 2.19. The van der Waals surface area contributed by atoms with Crippen molar-refractivity contribution in [3.05, 3.63) is 62.7 Å². The lowest BCUT2D eigenvalue weighted by Crippen LogP contribution is -2.12. The predicted octanol–water partition coefficient (Wildman–Crippen LogP) is 4.32. The maximum atomic E-state index is 11.1. The quantitative estimate of drug-likeness (QED) is 0.652. The van der Waals surface area contributed by atoms with Gasteiger partial charge in [-0.05, 0) is 27.9 Å². The molecule has 1 N–H and O–H groups in total. The van der Waals surface area contributed by atoms with Crippen LogP contribution in [0.3, 0.4) is 0 Å². The maximum absolute atomic E-state index is 11.1. The van der Waals surface area contributed by atoms with Gasteiger partial charge in [0.2, 0.25) is 5.82 Å². The fraction of sp³-hybridized carbons (Fsp3) is 0.214. The van der Waals surface area contributed by atoms with Crippen LogP contribution in [0.4, 0.5) is 11.5 Å². The molecule has 1 atom stereocenters. The van der Waals surface area contributed by atoms with E-state index < -0.39 is 4.92 Å². The second kappa shape index (κ2) is 6.47. The van der Waals surface area contributed by atoms with Crippen LogP contribution in [-0.4, -0.2) is 9.91 Å². The van der Waals surface area contributed by atoms with Crippen LogP contribution in [0.25, 0.3) is 0 Å². The number of nitro groups is 1. The van der Waals surface area contributed by atoms with Gasteiger partial charge in [-0.15, -0.1) is 0 Å². The van der Waals surface area contributed by atoms with E-state index in [-0.39, 0.29) is 17.5 Å². The zero-order chi connectivity index (χ0) is 14.5. The first kappa shape index (κ1) is 14.5. The molecule has 1 unspecified atom stereocenters. The van der Waals surface area contributed by atoms with Gasteiger partial charge in [0.25, 0.3) is 0 Å². The van der Waals surface area contributed by atoms with E-state index in [0.717, 1.165) is 12.0 Å². The van der Waals surface area contributed by atoms with Crippen molar-refractivity contribution in [2.24, 2.45) is 0 Å². The minimum absolute atomic E-state index is 0.0106. The van der Waals surface area contributed by atoms with Crippen LogP contribution >= 0.6 is 15.9 Å². The van der Waals surface area contributed by atoms with Crippen molar-refractivity contribution in [3.63, 3.8) is 0 Å². The Morgan fingerprint density at radius 2 is 2.10 bits per heavy atom. The van der Waals surface area contributed by atoms with Gasteiger partial charge < -0.3 is 5.32 Å². The van der Waals surface area contributed by atoms with Gasteiger partial charge in [0.05, 0.1) is 11.0 Å². The molecule has 0 aliphatic rings. The Bertz CT molecular complexity index is 605. The van der Waals surface area contributed by atoms with Crippen molar-refractivity contribution in [1.82, 2.24) is 4.98 Å². The monoisotopic (exact) mass is 335 g/mol. The van der Waals surface area contributed by atoms with E-state index in [4.69, 9.17) is 0 Å². The van der Waals surface area contributed by atoms with E-state index in [1.54, 1.807) is 6.20 Å². The van der Waals surface area contributed by atoms with Gasteiger partial charge in [0.15, 0.2) is 0 Å². The predicted molar refractivity (Wildman–Crippen MR) is 81.7 cm³/mol. The normalized spacial score (nSPS) is 11.9. The van der Waals surface area contributed by atoms with E-state index in [2.05, 4.69) is 26.2 Å². The Hall–Kier alpha value is -1.95. The van der Waals surface area contributed by atoms with Crippen LogP contribution in [0.1, 0.15) is 24.9 Å². The largest absolute Gasteiger partial charge is 0.358 e. The van der Waals surface area contributed by atoms with Gasteiger partial charge >= 0.3 is 5.69 Å². The summed E-state index contributed by atoms with van der Waals surface area (Å²) in [5.41, 5.74) is 1.04. The lowest BCUT2D eigenvalue weighted by molar-refractivity contribution is -0.384. The first-order valence-electron chi connectivity index (χ1n) is 6.23. The molecule has 20 heavy (non-hydrogen) atoms. The Kier molecular flexibility index (Phi) is 4.68. The summed E-state index contributed by atoms with van der Waals surface area (Å²) in [5.74, 6) is 0.286. The molecule has 2 aromatic rings. The molecule has 0 aliphatic heterocycles. The summed E-state index contributed by atoms with van der Waals surface area (Å²) in [4.78, 5) is 14.8. The molecular formula is C14H14BrN3O2. The van der Waals surface area contributed by atoms with Crippen molar-refractivity contribution in [3.8, 4) is 0 Å². The summed E-state index contributed by atoms with van der Waals surface area (Å²) in [7, 11) is 0. The number of pyridine rings is 1. The Labute approximate surface area is 125 Å². The van der Waals surface area contributed by atoms with Gasteiger partial charge in [0, 0.05) is 16.7 Å². The van der Waals surface area contributed by atoms with Crippen LogP contribution in [0.5, 0.6) is 0 Å². The molecule has 1 aromatic heterocycles. The highest BCUT2D eigenvalue weighted by molar-refractivity contribution is 9.10. The van der Waals surface area contributed by atoms with E-state index >= 15 is 0 Å². The van der Waals surface area contributed by atoms with Crippen LogP contribution < -0.4 is 5.32 Å². The molecule has 104 valence electrons. The molecule has 0 spiro atoms. The van der Waals surface area contributed by atoms with Crippen LogP contribution in [0.2, 0.25) is 0 Å². The number of benzene rings is 1. The van der Waals surface area contributed by atoms with Crippen LogP contribution in [0.15, 0.2) is 47.1 Å². The van der Waals surface area contributed by atoms with Crippen molar-refractivity contribution in [2.75, 3.05) is 5.32 Å². The SMILES string of the molecule is CCC(Nc1ncc(Br)cc1[N+](=O)[O-])c1ccccc1. The highest BCUT2D eigenvalue weighted by atomic mass is 79.9.